The third kappa shape index (κ3) is 15.7. The van der Waals surface area contributed by atoms with Crippen LogP contribution >= 0.6 is 11.8 Å². The van der Waals surface area contributed by atoms with Crippen molar-refractivity contribution >= 4 is 70.6 Å². The monoisotopic (exact) mass is 1250 g/mol. The summed E-state index contributed by atoms with van der Waals surface area (Å²) in [5, 5.41) is 24.4. The first kappa shape index (κ1) is 66.8. The number of amides is 9. The Balaban J connectivity index is 0.917. The molecule has 0 spiro atoms. The van der Waals surface area contributed by atoms with Gasteiger partial charge in [-0.2, -0.15) is 0 Å². The number of hydrogen-bond donors (Lipinski definition) is 8. The number of benzene rings is 4. The number of carbonyl (C=O) groups is 9. The summed E-state index contributed by atoms with van der Waals surface area (Å²) in [4.78, 5) is 133. The number of aryl methyl sites for hydroxylation is 2. The first-order chi connectivity index (χ1) is 42.9. The highest BCUT2D eigenvalue weighted by Crippen LogP contribution is 2.37. The predicted octanol–water partition coefficient (Wildman–Crippen LogP) is 6.03. The van der Waals surface area contributed by atoms with E-state index in [1.54, 1.807) is 40.1 Å². The van der Waals surface area contributed by atoms with E-state index in [0.29, 0.717) is 24.3 Å². The van der Waals surface area contributed by atoms with Gasteiger partial charge in [-0.05, 0) is 181 Å². The molecule has 0 unspecified atom stereocenters. The van der Waals surface area contributed by atoms with Crippen molar-refractivity contribution in [3.63, 3.8) is 0 Å². The number of fused-ring (bicyclic) bond motifs is 3. The van der Waals surface area contributed by atoms with Crippen molar-refractivity contribution in [2.24, 2.45) is 5.41 Å². The fourth-order valence-corrected chi connectivity index (χ4v) is 14.0. The van der Waals surface area contributed by atoms with Gasteiger partial charge < -0.3 is 57.2 Å². The molecular weight excluding hydrogens is 1160 g/mol. The molecule has 5 aliphatic rings. The summed E-state index contributed by atoms with van der Waals surface area (Å²) < 4.78 is -1.02. The average Bonchev–Trinajstić information content (AvgIpc) is 3.17. The molecule has 3 heterocycles. The number of anilines is 1. The molecule has 8 N–H and O–H groups in total. The van der Waals surface area contributed by atoms with E-state index in [4.69, 9.17) is 0 Å². The Labute approximate surface area is 533 Å². The van der Waals surface area contributed by atoms with Crippen molar-refractivity contribution < 1.29 is 43.2 Å². The Morgan fingerprint density at radius 2 is 1.11 bits per heavy atom. The average molecular weight is 1250 g/mol. The standard InChI is InChI=1S/C69H91N11O9S/c1-41(70-8)60(82)76-58(68(3,4)5)66(88)80-39-50(37-56(80)65(87)75-54-26-18-22-44-20-12-14-24-52(44)54)73-63(85)46-29-27-45(28-30-46)62(84)72-49-32-31-47-36-55(64(86)74-53-25-17-21-43-19-11-13-23-51(43)53)79(38-48(47)35-49)67(89)59(77-61(83)42(2)71-9)69(6,7)90-40-57(81)78-33-15-10-16-34-78/h11-14,19-20,23-24,27-32,35,41-42,50,53-56,58-59,70-71H,10,15-18,21-22,25-26,33-34,36-40H2,1-9H3,(H,72,84)(H,73,85)(H,74,86)(H,75,87)(H,76,82)(H,77,83)/t41-,42-,50-,53+,54+,55-,56-,58+,59+/m0/s1. The summed E-state index contributed by atoms with van der Waals surface area (Å²) in [7, 11) is 3.31. The van der Waals surface area contributed by atoms with Crippen molar-refractivity contribution in [3.05, 3.63) is 136 Å². The Hall–Kier alpha value is -7.62. The summed E-state index contributed by atoms with van der Waals surface area (Å²) in [6, 6.07) is 21.1. The lowest BCUT2D eigenvalue weighted by Gasteiger charge is -2.42. The minimum atomic E-state index is -1.16. The van der Waals surface area contributed by atoms with Gasteiger partial charge in [0.25, 0.3) is 11.8 Å². The van der Waals surface area contributed by atoms with E-state index in [1.807, 2.05) is 82.0 Å². The van der Waals surface area contributed by atoms with E-state index in [1.165, 1.54) is 51.4 Å². The lowest BCUT2D eigenvalue weighted by Crippen LogP contribution is -2.63. The molecule has 0 bridgehead atoms. The third-order valence-electron chi connectivity index (χ3n) is 18.7. The minimum absolute atomic E-state index is 0.00967. The minimum Gasteiger partial charge on any atom is -0.347 e. The van der Waals surface area contributed by atoms with Gasteiger partial charge in [-0.1, -0.05) is 75.4 Å². The van der Waals surface area contributed by atoms with Crippen LogP contribution < -0.4 is 42.5 Å². The maximum Gasteiger partial charge on any atom is 0.255 e. The molecule has 2 aliphatic carbocycles. The molecule has 20 nitrogen and oxygen atoms in total. The molecular formula is C69H91N11O9S. The van der Waals surface area contributed by atoms with Gasteiger partial charge in [-0.15, -0.1) is 11.8 Å². The Kier molecular flexibility index (Phi) is 21.6. The topological polar surface area (TPSA) is 260 Å². The Bertz CT molecular complexity index is 3330. The van der Waals surface area contributed by atoms with Crippen LogP contribution in [0.3, 0.4) is 0 Å². The van der Waals surface area contributed by atoms with E-state index >= 15 is 4.79 Å². The number of nitrogens with one attached hydrogen (secondary N) is 8. The highest BCUT2D eigenvalue weighted by molar-refractivity contribution is 8.01. The maximum atomic E-state index is 15.5. The molecule has 9 atom stereocenters. The number of carbonyl (C=O) groups excluding carboxylic acids is 9. The molecule has 21 heteroatoms. The number of thioether (sulfide) groups is 1. The summed E-state index contributed by atoms with van der Waals surface area (Å²) in [6.45, 7) is 14.0. The number of likely N-dealkylation sites (tertiary alicyclic amines) is 2. The number of nitrogens with zero attached hydrogens (tertiary/aromatic N) is 3. The molecule has 2 fully saturated rings. The van der Waals surface area contributed by atoms with Crippen LogP contribution in [0.1, 0.15) is 166 Å². The van der Waals surface area contributed by atoms with E-state index < -0.39 is 82.0 Å². The smallest absolute Gasteiger partial charge is 0.255 e. The first-order valence-corrected chi connectivity index (χ1v) is 33.0. The zero-order valence-corrected chi connectivity index (χ0v) is 54.4. The lowest BCUT2D eigenvalue weighted by atomic mass is 9.85. The molecule has 0 radical (unpaired) electrons. The van der Waals surface area contributed by atoms with Crippen LogP contribution in [-0.2, 0) is 59.4 Å². The van der Waals surface area contributed by atoms with Gasteiger partial charge in [0.2, 0.25) is 41.4 Å². The molecule has 2 saturated heterocycles. The summed E-state index contributed by atoms with van der Waals surface area (Å²) in [5.74, 6) is -3.25. The molecule has 9 amide bonds. The van der Waals surface area contributed by atoms with Gasteiger partial charge in [-0.25, -0.2) is 0 Å². The number of rotatable bonds is 20. The zero-order valence-electron chi connectivity index (χ0n) is 53.6. The quantitative estimate of drug-likeness (QED) is 0.0505. The molecule has 9 rings (SSSR count). The van der Waals surface area contributed by atoms with E-state index in [2.05, 4.69) is 54.7 Å². The molecule has 0 aromatic heterocycles. The van der Waals surface area contributed by atoms with Crippen molar-refractivity contribution in [1.82, 2.24) is 51.9 Å². The second-order valence-electron chi connectivity index (χ2n) is 26.5. The normalized spacial score (nSPS) is 21.2. The van der Waals surface area contributed by atoms with Crippen LogP contribution in [0, 0.1) is 5.41 Å². The fraction of sp³-hybridized carbons (Fsp3) is 0.522. The van der Waals surface area contributed by atoms with Crippen LogP contribution in [0.15, 0.2) is 91.0 Å². The van der Waals surface area contributed by atoms with Gasteiger partial charge in [0.05, 0.1) is 29.9 Å². The zero-order chi connectivity index (χ0) is 64.6. The molecule has 4 aromatic rings. The number of hydrogen-bond acceptors (Lipinski definition) is 12. The lowest BCUT2D eigenvalue weighted by molar-refractivity contribution is -0.145. The van der Waals surface area contributed by atoms with Crippen LogP contribution in [0.4, 0.5) is 5.69 Å². The molecule has 482 valence electrons. The Morgan fingerprint density at radius 1 is 0.578 bits per heavy atom. The highest BCUT2D eigenvalue weighted by Gasteiger charge is 2.48. The predicted molar refractivity (Wildman–Crippen MR) is 348 cm³/mol. The second-order valence-corrected chi connectivity index (χ2v) is 28.2. The number of piperidine rings is 1. The molecule has 4 aromatic carbocycles. The summed E-state index contributed by atoms with van der Waals surface area (Å²) in [5.41, 5.74) is 6.08. The summed E-state index contributed by atoms with van der Waals surface area (Å²) >= 11 is 1.30. The van der Waals surface area contributed by atoms with Gasteiger partial charge in [0.15, 0.2) is 0 Å². The van der Waals surface area contributed by atoms with Crippen LogP contribution in [0.2, 0.25) is 0 Å². The van der Waals surface area contributed by atoms with Gasteiger partial charge in [-0.3, -0.25) is 43.2 Å². The Morgan fingerprint density at radius 3 is 1.68 bits per heavy atom. The van der Waals surface area contributed by atoms with Crippen LogP contribution in [-0.4, -0.2) is 154 Å². The largest absolute Gasteiger partial charge is 0.347 e. The van der Waals surface area contributed by atoms with Crippen LogP contribution in [0.5, 0.6) is 0 Å². The van der Waals surface area contributed by atoms with Crippen molar-refractivity contribution in [2.75, 3.05) is 44.8 Å². The number of likely N-dealkylation sites (N-methyl/N-ethyl adjacent to an activating group) is 2. The van der Waals surface area contributed by atoms with Crippen molar-refractivity contribution in [2.45, 2.75) is 185 Å². The first-order valence-electron chi connectivity index (χ1n) is 32.0. The molecule has 0 saturated carbocycles. The fourth-order valence-electron chi connectivity index (χ4n) is 13.0. The second kappa shape index (κ2) is 29.1. The molecule has 3 aliphatic heterocycles. The van der Waals surface area contributed by atoms with Gasteiger partial charge in [0.1, 0.15) is 24.2 Å². The SMILES string of the molecule is CN[C@@H](C)C(=O)N[C@H](C(=O)N1C[C@@H](NC(=O)c2ccc(C(=O)Nc3ccc4c(c3)CN(C(=O)[C@@H](NC(=O)[C@H](C)NC)C(C)(C)SCC(=O)N3CCCCC3)[C@H](C(=O)N[C@@H]3CCCc5ccccc53)C4)cc2)C[C@H]1C(=O)N[C@@H]1CCCc2ccccc21)C(C)(C)C. The molecule has 90 heavy (non-hydrogen) atoms. The van der Waals surface area contributed by atoms with Gasteiger partial charge >= 0.3 is 0 Å². The third-order valence-corrected chi connectivity index (χ3v) is 20.1. The van der Waals surface area contributed by atoms with Gasteiger partial charge in [0, 0.05) is 60.2 Å². The summed E-state index contributed by atoms with van der Waals surface area (Å²) in [6.07, 6.45) is 8.24. The highest BCUT2D eigenvalue weighted by atomic mass is 32.2. The van der Waals surface area contributed by atoms with Crippen LogP contribution in [0.25, 0.3) is 0 Å². The maximum absolute atomic E-state index is 15.5. The van der Waals surface area contributed by atoms with E-state index in [-0.39, 0.29) is 78.5 Å². The van der Waals surface area contributed by atoms with E-state index in [9.17, 15) is 38.4 Å². The van der Waals surface area contributed by atoms with Crippen molar-refractivity contribution in [3.8, 4) is 0 Å². The van der Waals surface area contributed by atoms with Crippen molar-refractivity contribution in [1.29, 1.82) is 0 Å². The van der Waals surface area contributed by atoms with E-state index in [0.717, 1.165) is 80.0 Å².